The van der Waals surface area contributed by atoms with Crippen LogP contribution in [0.4, 0.5) is 13.2 Å². The molecule has 1 fully saturated rings. The zero-order valence-electron chi connectivity index (χ0n) is 11.3. The summed E-state index contributed by atoms with van der Waals surface area (Å²) >= 11 is 0. The molecule has 5 nitrogen and oxygen atoms in total. The lowest BCUT2D eigenvalue weighted by atomic mass is 9.76. The standard InChI is InChI=1S/C12H19F3N2O3/c1-2-11(10(19)20)3-5-17(6-4-11)9(18)7-16-8-12(13,14)15/h16H,2-8H2,1H3,(H,19,20). The Morgan fingerprint density at radius 1 is 1.30 bits per heavy atom. The summed E-state index contributed by atoms with van der Waals surface area (Å²) < 4.78 is 35.8. The van der Waals surface area contributed by atoms with Gasteiger partial charge in [-0.3, -0.25) is 9.59 Å². The first-order valence-corrected chi connectivity index (χ1v) is 6.49. The summed E-state index contributed by atoms with van der Waals surface area (Å²) in [6, 6.07) is 0. The number of hydrogen-bond donors (Lipinski definition) is 2. The predicted octanol–water partition coefficient (Wildman–Crippen LogP) is 1.24. The number of nitrogens with zero attached hydrogens (tertiary/aromatic N) is 1. The summed E-state index contributed by atoms with van der Waals surface area (Å²) in [5.41, 5.74) is -0.809. The third kappa shape index (κ3) is 4.36. The molecule has 0 atom stereocenters. The highest BCUT2D eigenvalue weighted by Crippen LogP contribution is 2.35. The summed E-state index contributed by atoms with van der Waals surface area (Å²) in [4.78, 5) is 24.3. The van der Waals surface area contributed by atoms with Crippen LogP contribution in [0.25, 0.3) is 0 Å². The first-order chi connectivity index (χ1) is 9.20. The zero-order chi connectivity index (χ0) is 15.4. The number of halogens is 3. The van der Waals surface area contributed by atoms with E-state index in [1.165, 1.54) is 4.90 Å². The van der Waals surface area contributed by atoms with Crippen LogP contribution in [0.3, 0.4) is 0 Å². The molecule has 1 aliphatic heterocycles. The molecule has 0 bridgehead atoms. The summed E-state index contributed by atoms with van der Waals surface area (Å²) in [7, 11) is 0. The molecule has 0 unspecified atom stereocenters. The second-order valence-corrected chi connectivity index (χ2v) is 5.04. The number of carboxylic acids is 1. The van der Waals surface area contributed by atoms with Crippen LogP contribution in [-0.2, 0) is 9.59 Å². The van der Waals surface area contributed by atoms with Gasteiger partial charge in [0.1, 0.15) is 0 Å². The summed E-state index contributed by atoms with van der Waals surface area (Å²) in [6.07, 6.45) is -3.19. The van der Waals surface area contributed by atoms with Crippen LogP contribution in [0, 0.1) is 5.41 Å². The van der Waals surface area contributed by atoms with Gasteiger partial charge in [-0.05, 0) is 19.3 Å². The number of rotatable bonds is 5. The van der Waals surface area contributed by atoms with Crippen LogP contribution in [0.1, 0.15) is 26.2 Å². The van der Waals surface area contributed by atoms with E-state index in [1.54, 1.807) is 6.92 Å². The number of piperidine rings is 1. The highest BCUT2D eigenvalue weighted by Gasteiger charge is 2.40. The molecule has 0 aromatic carbocycles. The van der Waals surface area contributed by atoms with Crippen molar-refractivity contribution < 1.29 is 27.9 Å². The molecule has 2 N–H and O–H groups in total. The van der Waals surface area contributed by atoms with Crippen LogP contribution in [0.2, 0.25) is 0 Å². The molecule has 0 aromatic rings. The van der Waals surface area contributed by atoms with E-state index >= 15 is 0 Å². The largest absolute Gasteiger partial charge is 0.481 e. The molecule has 0 radical (unpaired) electrons. The van der Waals surface area contributed by atoms with Gasteiger partial charge < -0.3 is 15.3 Å². The van der Waals surface area contributed by atoms with Gasteiger partial charge in [0.2, 0.25) is 5.91 Å². The maximum absolute atomic E-state index is 11.9. The van der Waals surface area contributed by atoms with E-state index in [0.717, 1.165) is 0 Å². The fraction of sp³-hybridized carbons (Fsp3) is 0.833. The van der Waals surface area contributed by atoms with Crippen molar-refractivity contribution >= 4 is 11.9 Å². The lowest BCUT2D eigenvalue weighted by molar-refractivity contribution is -0.154. The van der Waals surface area contributed by atoms with Crippen molar-refractivity contribution in [2.75, 3.05) is 26.2 Å². The van der Waals surface area contributed by atoms with Crippen molar-refractivity contribution in [3.63, 3.8) is 0 Å². The Hall–Kier alpha value is -1.31. The van der Waals surface area contributed by atoms with E-state index in [-0.39, 0.29) is 19.6 Å². The molecule has 8 heteroatoms. The monoisotopic (exact) mass is 296 g/mol. The fourth-order valence-electron chi connectivity index (χ4n) is 2.33. The maximum atomic E-state index is 11.9. The number of amides is 1. The molecule has 0 spiro atoms. The highest BCUT2D eigenvalue weighted by molar-refractivity contribution is 5.79. The minimum Gasteiger partial charge on any atom is -0.481 e. The molecular formula is C12H19F3N2O3. The SMILES string of the molecule is CCC1(C(=O)O)CCN(C(=O)CNCC(F)(F)F)CC1. The van der Waals surface area contributed by atoms with E-state index in [2.05, 4.69) is 0 Å². The fourth-order valence-corrected chi connectivity index (χ4v) is 2.33. The Bertz CT molecular complexity index is 363. The molecule has 0 aliphatic carbocycles. The second-order valence-electron chi connectivity index (χ2n) is 5.04. The molecule has 1 amide bonds. The highest BCUT2D eigenvalue weighted by atomic mass is 19.4. The van der Waals surface area contributed by atoms with Crippen molar-refractivity contribution in [1.29, 1.82) is 0 Å². The van der Waals surface area contributed by atoms with Crippen LogP contribution >= 0.6 is 0 Å². The molecular weight excluding hydrogens is 277 g/mol. The lowest BCUT2D eigenvalue weighted by Crippen LogP contribution is -2.49. The Kier molecular flexibility index (Phi) is 5.38. The van der Waals surface area contributed by atoms with Crippen molar-refractivity contribution in [3.8, 4) is 0 Å². The van der Waals surface area contributed by atoms with Gasteiger partial charge >= 0.3 is 12.1 Å². The maximum Gasteiger partial charge on any atom is 0.401 e. The number of nitrogens with one attached hydrogen (secondary N) is 1. The van der Waals surface area contributed by atoms with Crippen molar-refractivity contribution in [1.82, 2.24) is 10.2 Å². The topological polar surface area (TPSA) is 69.6 Å². The predicted molar refractivity (Wildman–Crippen MR) is 65.1 cm³/mol. The van der Waals surface area contributed by atoms with Gasteiger partial charge in [-0.2, -0.15) is 13.2 Å². The van der Waals surface area contributed by atoms with Crippen LogP contribution in [0.5, 0.6) is 0 Å². The van der Waals surface area contributed by atoms with Crippen molar-refractivity contribution in [2.45, 2.75) is 32.4 Å². The number of carbonyl (C=O) groups excluding carboxylic acids is 1. The summed E-state index contributed by atoms with van der Waals surface area (Å²) in [5, 5.41) is 11.3. The van der Waals surface area contributed by atoms with Gasteiger partial charge in [0.15, 0.2) is 0 Å². The van der Waals surface area contributed by atoms with Gasteiger partial charge in [-0.25, -0.2) is 0 Å². The number of hydrogen-bond acceptors (Lipinski definition) is 3. The van der Waals surface area contributed by atoms with Gasteiger partial charge in [0.25, 0.3) is 0 Å². The molecule has 0 aromatic heterocycles. The van der Waals surface area contributed by atoms with Crippen molar-refractivity contribution in [3.05, 3.63) is 0 Å². The lowest BCUT2D eigenvalue weighted by Gasteiger charge is -2.38. The molecule has 1 saturated heterocycles. The number of likely N-dealkylation sites (tertiary alicyclic amines) is 1. The van der Waals surface area contributed by atoms with E-state index in [9.17, 15) is 27.9 Å². The number of carbonyl (C=O) groups is 2. The molecule has 20 heavy (non-hydrogen) atoms. The third-order valence-corrected chi connectivity index (χ3v) is 3.81. The smallest absolute Gasteiger partial charge is 0.401 e. The molecule has 1 heterocycles. The Morgan fingerprint density at radius 2 is 1.85 bits per heavy atom. The average Bonchev–Trinajstić information content (AvgIpc) is 2.37. The Morgan fingerprint density at radius 3 is 2.25 bits per heavy atom. The van der Waals surface area contributed by atoms with Crippen LogP contribution in [-0.4, -0.2) is 54.2 Å². The zero-order valence-corrected chi connectivity index (χ0v) is 11.3. The molecule has 1 aliphatic rings. The van der Waals surface area contributed by atoms with Gasteiger partial charge in [-0.1, -0.05) is 6.92 Å². The van der Waals surface area contributed by atoms with Gasteiger partial charge in [0.05, 0.1) is 18.5 Å². The number of aliphatic carboxylic acids is 1. The minimum absolute atomic E-state index is 0.271. The Balaban J connectivity index is 2.41. The normalized spacial score (nSPS) is 18.9. The summed E-state index contributed by atoms with van der Waals surface area (Å²) in [6.45, 7) is 0.738. The first-order valence-electron chi connectivity index (χ1n) is 6.49. The number of carboxylic acid groups (broad SMARTS) is 1. The van der Waals surface area contributed by atoms with E-state index < -0.39 is 30.0 Å². The van der Waals surface area contributed by atoms with Gasteiger partial charge in [-0.15, -0.1) is 0 Å². The van der Waals surface area contributed by atoms with Gasteiger partial charge in [0, 0.05) is 13.1 Å². The molecule has 0 saturated carbocycles. The third-order valence-electron chi connectivity index (χ3n) is 3.81. The van der Waals surface area contributed by atoms with E-state index in [1.807, 2.05) is 5.32 Å². The summed E-state index contributed by atoms with van der Waals surface area (Å²) in [5.74, 6) is -1.30. The Labute approximate surface area is 115 Å². The minimum atomic E-state index is -4.34. The van der Waals surface area contributed by atoms with E-state index in [4.69, 9.17) is 0 Å². The second kappa shape index (κ2) is 6.43. The quantitative estimate of drug-likeness (QED) is 0.801. The molecule has 1 rings (SSSR count). The number of alkyl halides is 3. The van der Waals surface area contributed by atoms with Crippen LogP contribution in [0.15, 0.2) is 0 Å². The average molecular weight is 296 g/mol. The van der Waals surface area contributed by atoms with E-state index in [0.29, 0.717) is 19.3 Å². The molecule has 116 valence electrons. The van der Waals surface area contributed by atoms with Crippen molar-refractivity contribution in [2.24, 2.45) is 5.41 Å². The first kappa shape index (κ1) is 16.7. The van der Waals surface area contributed by atoms with Crippen LogP contribution < -0.4 is 5.32 Å².